The molecule has 0 bridgehead atoms. The minimum Gasteiger partial charge on any atom is -0.462 e. The molecule has 0 aliphatic heterocycles. The van der Waals surface area contributed by atoms with Gasteiger partial charge in [-0.05, 0) is 37.5 Å². The number of aliphatic hydroxyl groups excluding tert-OH is 1. The minimum atomic E-state index is -4.96. The van der Waals surface area contributed by atoms with Gasteiger partial charge in [-0.1, -0.05) is 356 Å². The molecule has 0 radical (unpaired) electrons. The van der Waals surface area contributed by atoms with E-state index in [9.17, 15) is 43.2 Å². The van der Waals surface area contributed by atoms with Crippen LogP contribution in [0, 0.1) is 11.8 Å². The second-order valence-electron chi connectivity index (χ2n) is 29.1. The van der Waals surface area contributed by atoms with Gasteiger partial charge < -0.3 is 33.8 Å². The summed E-state index contributed by atoms with van der Waals surface area (Å²) in [5.74, 6) is -0.638. The predicted molar refractivity (Wildman–Crippen MR) is 395 cm³/mol. The van der Waals surface area contributed by atoms with Crippen molar-refractivity contribution < 1.29 is 80.2 Å². The lowest BCUT2D eigenvalue weighted by Gasteiger charge is -2.21. The van der Waals surface area contributed by atoms with Crippen LogP contribution in [0.5, 0.6) is 0 Å². The molecular formula is C78H152O17P2. The summed E-state index contributed by atoms with van der Waals surface area (Å²) in [7, 11) is -9.91. The molecule has 0 saturated carbocycles. The zero-order chi connectivity index (χ0) is 71.4. The second-order valence-corrected chi connectivity index (χ2v) is 32.0. The molecule has 0 aliphatic rings. The second kappa shape index (κ2) is 69.8. The summed E-state index contributed by atoms with van der Waals surface area (Å²) < 4.78 is 68.6. The van der Waals surface area contributed by atoms with Crippen LogP contribution in [-0.4, -0.2) is 96.7 Å². The molecule has 17 nitrogen and oxygen atoms in total. The molecule has 0 fully saturated rings. The number of hydrogen-bond donors (Lipinski definition) is 3. The summed E-state index contributed by atoms with van der Waals surface area (Å²) in [5, 5.41) is 10.6. The summed E-state index contributed by atoms with van der Waals surface area (Å²) in [5.41, 5.74) is 0. The van der Waals surface area contributed by atoms with E-state index in [1.54, 1.807) is 0 Å². The van der Waals surface area contributed by atoms with Crippen LogP contribution in [0.15, 0.2) is 0 Å². The molecule has 0 aromatic rings. The molecule has 19 heteroatoms. The smallest absolute Gasteiger partial charge is 0.462 e. The molecule has 97 heavy (non-hydrogen) atoms. The third-order valence-corrected chi connectivity index (χ3v) is 20.1. The third-order valence-electron chi connectivity index (χ3n) is 18.2. The molecule has 0 aliphatic carbocycles. The van der Waals surface area contributed by atoms with Crippen LogP contribution >= 0.6 is 15.6 Å². The van der Waals surface area contributed by atoms with Crippen molar-refractivity contribution in [3.8, 4) is 0 Å². The zero-order valence-electron chi connectivity index (χ0n) is 63.4. The minimum absolute atomic E-state index is 0.107. The van der Waals surface area contributed by atoms with E-state index in [0.717, 1.165) is 102 Å². The summed E-state index contributed by atoms with van der Waals surface area (Å²) >= 11 is 0. The standard InChI is InChI=1S/C78H152O17P2/c1-7-9-11-13-15-17-19-21-23-24-25-30-33-37-41-48-54-60-75(80)88-66-73(94-77(82)63-57-51-43-39-35-31-27-26-28-32-36-40-46-52-58-70(3)4)68-92-96(84,85)90-64-72(79)65-91-97(86,87)93-69-74(67-89-76(81)61-55-49-45-44-47-53-59-71(5)6)95-78(83)62-56-50-42-38-34-29-22-20-18-16-14-12-10-8-2/h70-74,79H,7-69H2,1-6H3,(H,84,85)(H,86,87)/t72-,73-,74-/m1/s1. The summed E-state index contributed by atoms with van der Waals surface area (Å²) in [6.07, 6.45) is 58.4. The Morgan fingerprint density at radius 3 is 0.701 bits per heavy atom. The van der Waals surface area contributed by atoms with Gasteiger partial charge in [-0.15, -0.1) is 0 Å². The number of hydrogen-bond acceptors (Lipinski definition) is 15. The Balaban J connectivity index is 5.23. The van der Waals surface area contributed by atoms with E-state index < -0.39 is 97.5 Å². The fourth-order valence-corrected chi connectivity index (χ4v) is 13.6. The molecule has 0 rings (SSSR count). The lowest BCUT2D eigenvalue weighted by atomic mass is 10.0. The highest BCUT2D eigenvalue weighted by molar-refractivity contribution is 7.47. The number of carbonyl (C=O) groups is 4. The number of carbonyl (C=O) groups excluding carboxylic acids is 4. The van der Waals surface area contributed by atoms with Gasteiger partial charge in [0.2, 0.25) is 0 Å². The Hall–Kier alpha value is -1.94. The summed E-state index contributed by atoms with van der Waals surface area (Å²) in [6, 6.07) is 0. The maximum Gasteiger partial charge on any atom is 0.472 e. The van der Waals surface area contributed by atoms with E-state index >= 15 is 0 Å². The van der Waals surface area contributed by atoms with E-state index in [-0.39, 0.29) is 25.7 Å². The van der Waals surface area contributed by atoms with Crippen molar-refractivity contribution in [2.24, 2.45) is 11.8 Å². The SMILES string of the molecule is CCCCCCCCCCCCCCCCCCCC(=O)OC[C@H](COP(=O)(O)OC[C@@H](O)COP(=O)(O)OC[C@@H](COC(=O)CCCCCCCCC(C)C)OC(=O)CCCCCCCCCCCCCCCC)OC(=O)CCCCCCCCCCCCCCCCC(C)C. The number of ether oxygens (including phenoxy) is 4. The molecule has 0 saturated heterocycles. The van der Waals surface area contributed by atoms with E-state index in [1.807, 2.05) is 0 Å². The van der Waals surface area contributed by atoms with Crippen LogP contribution in [0.2, 0.25) is 0 Å². The Bertz CT molecular complexity index is 1870. The van der Waals surface area contributed by atoms with E-state index in [1.165, 1.54) is 218 Å². The first-order chi connectivity index (χ1) is 46.9. The highest BCUT2D eigenvalue weighted by Crippen LogP contribution is 2.45. The number of aliphatic hydroxyl groups is 1. The monoisotopic (exact) mass is 1420 g/mol. The molecule has 0 aromatic heterocycles. The van der Waals surface area contributed by atoms with Crippen LogP contribution in [0.1, 0.15) is 408 Å². The molecule has 0 spiro atoms. The average Bonchev–Trinajstić information content (AvgIpc) is 1.07. The van der Waals surface area contributed by atoms with Gasteiger partial charge in [-0.25, -0.2) is 9.13 Å². The maximum absolute atomic E-state index is 13.1. The number of rotatable bonds is 77. The lowest BCUT2D eigenvalue weighted by Crippen LogP contribution is -2.30. The van der Waals surface area contributed by atoms with Crippen molar-refractivity contribution in [3.63, 3.8) is 0 Å². The van der Waals surface area contributed by atoms with Gasteiger partial charge in [0.1, 0.15) is 19.3 Å². The van der Waals surface area contributed by atoms with Crippen LogP contribution in [0.25, 0.3) is 0 Å². The van der Waals surface area contributed by atoms with Crippen LogP contribution in [-0.2, 0) is 65.4 Å². The van der Waals surface area contributed by atoms with Crippen molar-refractivity contribution in [1.29, 1.82) is 0 Å². The lowest BCUT2D eigenvalue weighted by molar-refractivity contribution is -0.161. The van der Waals surface area contributed by atoms with E-state index in [0.29, 0.717) is 31.6 Å². The van der Waals surface area contributed by atoms with Gasteiger partial charge in [0.25, 0.3) is 0 Å². The first-order valence-electron chi connectivity index (χ1n) is 40.5. The fourth-order valence-electron chi connectivity index (χ4n) is 12.0. The van der Waals surface area contributed by atoms with Gasteiger partial charge in [-0.3, -0.25) is 37.3 Å². The van der Waals surface area contributed by atoms with Crippen LogP contribution in [0.3, 0.4) is 0 Å². The largest absolute Gasteiger partial charge is 0.472 e. The molecule has 576 valence electrons. The highest BCUT2D eigenvalue weighted by Gasteiger charge is 2.30. The van der Waals surface area contributed by atoms with Crippen molar-refractivity contribution in [1.82, 2.24) is 0 Å². The van der Waals surface area contributed by atoms with E-state index in [2.05, 4.69) is 41.5 Å². The van der Waals surface area contributed by atoms with Crippen molar-refractivity contribution in [2.75, 3.05) is 39.6 Å². The Morgan fingerprint density at radius 1 is 0.278 bits per heavy atom. The zero-order valence-corrected chi connectivity index (χ0v) is 65.2. The van der Waals surface area contributed by atoms with Gasteiger partial charge in [0, 0.05) is 25.7 Å². The maximum atomic E-state index is 13.1. The predicted octanol–water partition coefficient (Wildman–Crippen LogP) is 23.1. The van der Waals surface area contributed by atoms with Gasteiger partial charge in [0.15, 0.2) is 12.2 Å². The number of esters is 4. The summed E-state index contributed by atoms with van der Waals surface area (Å²) in [4.78, 5) is 72.9. The molecule has 0 aromatic carbocycles. The van der Waals surface area contributed by atoms with Crippen LogP contribution < -0.4 is 0 Å². The third kappa shape index (κ3) is 72.2. The Morgan fingerprint density at radius 2 is 0.474 bits per heavy atom. The first-order valence-corrected chi connectivity index (χ1v) is 43.5. The number of unbranched alkanes of at least 4 members (excludes halogenated alkanes) is 47. The highest BCUT2D eigenvalue weighted by atomic mass is 31.2. The fraction of sp³-hybridized carbons (Fsp3) is 0.949. The topological polar surface area (TPSA) is 237 Å². The van der Waals surface area contributed by atoms with Gasteiger partial charge in [-0.2, -0.15) is 0 Å². The van der Waals surface area contributed by atoms with Gasteiger partial charge in [0.05, 0.1) is 26.4 Å². The average molecular weight is 1420 g/mol. The number of phosphoric acid groups is 2. The van der Waals surface area contributed by atoms with Crippen LogP contribution in [0.4, 0.5) is 0 Å². The molecule has 5 atom stereocenters. The van der Waals surface area contributed by atoms with Crippen molar-refractivity contribution >= 4 is 39.5 Å². The normalized spacial score (nSPS) is 14.0. The molecule has 3 N–H and O–H groups in total. The Labute approximate surface area is 594 Å². The van der Waals surface area contributed by atoms with Crippen molar-refractivity contribution in [3.05, 3.63) is 0 Å². The van der Waals surface area contributed by atoms with Crippen molar-refractivity contribution in [2.45, 2.75) is 426 Å². The molecule has 2 unspecified atom stereocenters. The molecular weight excluding hydrogens is 1270 g/mol. The quantitative estimate of drug-likeness (QED) is 0.0222. The Kier molecular flexibility index (Phi) is 68.4. The van der Waals surface area contributed by atoms with Gasteiger partial charge >= 0.3 is 39.5 Å². The first kappa shape index (κ1) is 95.1. The number of phosphoric ester groups is 2. The van der Waals surface area contributed by atoms with E-state index in [4.69, 9.17) is 37.0 Å². The summed E-state index contributed by atoms with van der Waals surface area (Å²) in [6.45, 7) is 9.56. The molecule has 0 heterocycles. The molecule has 0 amide bonds.